The van der Waals surface area contributed by atoms with Gasteiger partial charge in [-0.15, -0.1) is 0 Å². The summed E-state index contributed by atoms with van der Waals surface area (Å²) in [6.45, 7) is 7.88. The van der Waals surface area contributed by atoms with Gasteiger partial charge in [-0.25, -0.2) is 4.79 Å². The number of epoxide rings is 1. The Labute approximate surface area is 224 Å². The molecule has 208 valence electrons. The summed E-state index contributed by atoms with van der Waals surface area (Å²) in [5.74, 6) is 0.510. The molecule has 1 aromatic carbocycles. The Bertz CT molecular complexity index is 1150. The average Bonchev–Trinajstić information content (AvgIpc) is 3.55. The molecule has 38 heavy (non-hydrogen) atoms. The fourth-order valence-electron chi connectivity index (χ4n) is 5.72. The van der Waals surface area contributed by atoms with E-state index in [1.807, 2.05) is 52.0 Å². The summed E-state index contributed by atoms with van der Waals surface area (Å²) in [5, 5.41) is 14.0. The van der Waals surface area contributed by atoms with Crippen LogP contribution in [0, 0.1) is 12.8 Å². The van der Waals surface area contributed by atoms with Gasteiger partial charge in [0.1, 0.15) is 18.0 Å². The number of nitrogens with zero attached hydrogens (tertiary/aromatic N) is 1. The zero-order valence-corrected chi connectivity index (χ0v) is 23.4. The number of methoxy groups -OCH3 is 2. The van der Waals surface area contributed by atoms with Crippen LogP contribution in [0.5, 0.6) is 5.75 Å². The quantitative estimate of drug-likeness (QED) is 0.562. The van der Waals surface area contributed by atoms with E-state index >= 15 is 0 Å². The second kappa shape index (κ2) is 10.7. The molecule has 4 bridgehead atoms. The fourth-order valence-corrected chi connectivity index (χ4v) is 5.72. The predicted octanol–water partition coefficient (Wildman–Crippen LogP) is 3.80. The largest absolute Gasteiger partial charge is 0.496 e. The molecule has 9 nitrogen and oxygen atoms in total. The molecule has 0 saturated carbocycles. The molecule has 3 heterocycles. The monoisotopic (exact) mass is 528 g/mol. The maximum absolute atomic E-state index is 13.3. The van der Waals surface area contributed by atoms with E-state index in [2.05, 4.69) is 5.32 Å². The van der Waals surface area contributed by atoms with E-state index in [1.54, 1.807) is 25.1 Å². The summed E-state index contributed by atoms with van der Waals surface area (Å²) in [5.41, 5.74) is 1.61. The van der Waals surface area contributed by atoms with Gasteiger partial charge < -0.3 is 29.0 Å². The first-order chi connectivity index (χ1) is 17.9. The third-order valence-corrected chi connectivity index (χ3v) is 8.15. The maximum Gasteiger partial charge on any atom is 0.409 e. The Hall–Kier alpha value is -2.88. The van der Waals surface area contributed by atoms with Gasteiger partial charge in [-0.1, -0.05) is 30.7 Å². The normalized spacial score (nSPS) is 36.3. The minimum atomic E-state index is -1.65. The third-order valence-electron chi connectivity index (χ3n) is 8.15. The first-order valence-corrected chi connectivity index (χ1v) is 13.1. The number of rotatable bonds is 2. The van der Waals surface area contributed by atoms with Crippen LogP contribution in [-0.4, -0.2) is 68.0 Å². The standard InChI is InChI=1S/C29H40N2O7/c1-17-9-8-10-24(36-7)29(34)16-23(37-27(33)30-29)19(3)26-28(4,38-26)12-11-25(32)31(5)21-14-20(13-17)15-22(35-6)18(21)2/h8-10,14-15,19,23-24,26,34H,11-13,16H2,1-7H3,(H,30,33)/b10-8+,17-9+/t19-,23?,24-,26?,28-,29+/m1/s1. The first kappa shape index (κ1) is 28.1. The van der Waals surface area contributed by atoms with Gasteiger partial charge in [0.2, 0.25) is 5.91 Å². The van der Waals surface area contributed by atoms with Gasteiger partial charge in [0.15, 0.2) is 5.72 Å². The molecule has 0 aliphatic carbocycles. The van der Waals surface area contributed by atoms with Gasteiger partial charge in [-0.05, 0) is 51.3 Å². The van der Waals surface area contributed by atoms with Gasteiger partial charge in [-0.2, -0.15) is 0 Å². The van der Waals surface area contributed by atoms with Crippen molar-refractivity contribution in [1.29, 1.82) is 0 Å². The van der Waals surface area contributed by atoms with Crippen molar-refractivity contribution in [3.05, 3.63) is 47.1 Å². The first-order valence-electron chi connectivity index (χ1n) is 13.1. The maximum atomic E-state index is 13.3. The highest BCUT2D eigenvalue weighted by molar-refractivity contribution is 5.94. The Morgan fingerprint density at radius 1 is 1.21 bits per heavy atom. The topological polar surface area (TPSA) is 110 Å². The van der Waals surface area contributed by atoms with Crippen LogP contribution in [0.4, 0.5) is 10.5 Å². The summed E-state index contributed by atoms with van der Waals surface area (Å²) >= 11 is 0. The number of amides is 2. The molecular formula is C29H40N2O7. The molecule has 2 unspecified atom stereocenters. The Kier molecular flexibility index (Phi) is 7.93. The van der Waals surface area contributed by atoms with Crippen LogP contribution in [-0.2, 0) is 25.4 Å². The number of hydrogen-bond donors (Lipinski definition) is 2. The summed E-state index contributed by atoms with van der Waals surface area (Å²) in [6, 6.07) is 4.02. The van der Waals surface area contributed by atoms with Crippen LogP contribution in [0.3, 0.4) is 0 Å². The number of benzene rings is 1. The Morgan fingerprint density at radius 3 is 2.63 bits per heavy atom. The highest BCUT2D eigenvalue weighted by Gasteiger charge is 2.58. The SMILES string of the molecule is COc1cc2cc(c1C)N(C)C(=O)CC[C@@]1(C)OC1[C@H](C)C1C[C@@](O)(NC(=O)O1)[C@H](OC)/C=C/C=C(\C)C2. The van der Waals surface area contributed by atoms with Crippen molar-refractivity contribution < 1.29 is 33.6 Å². The zero-order chi connectivity index (χ0) is 27.8. The lowest BCUT2D eigenvalue weighted by Gasteiger charge is -2.42. The lowest BCUT2D eigenvalue weighted by atomic mass is 9.84. The van der Waals surface area contributed by atoms with Gasteiger partial charge >= 0.3 is 6.09 Å². The number of carbonyl (C=O) groups excluding carboxylic acids is 2. The van der Waals surface area contributed by atoms with E-state index < -0.39 is 29.6 Å². The van der Waals surface area contributed by atoms with Crippen LogP contribution < -0.4 is 15.0 Å². The molecule has 6 atom stereocenters. The molecule has 3 aliphatic rings. The Morgan fingerprint density at radius 2 is 1.95 bits per heavy atom. The average molecular weight is 529 g/mol. The number of aliphatic hydroxyl groups is 1. The number of fused-ring (bicyclic) bond motifs is 5. The minimum absolute atomic E-state index is 0.0193. The van der Waals surface area contributed by atoms with Crippen molar-refractivity contribution in [2.75, 3.05) is 26.2 Å². The van der Waals surface area contributed by atoms with Gasteiger partial charge in [0, 0.05) is 38.5 Å². The van der Waals surface area contributed by atoms with Crippen molar-refractivity contribution in [2.45, 2.75) is 83.0 Å². The third kappa shape index (κ3) is 5.60. The lowest BCUT2D eigenvalue weighted by molar-refractivity contribution is -0.142. The highest BCUT2D eigenvalue weighted by Crippen LogP contribution is 2.47. The predicted molar refractivity (Wildman–Crippen MR) is 143 cm³/mol. The van der Waals surface area contributed by atoms with Crippen molar-refractivity contribution in [2.24, 2.45) is 5.92 Å². The van der Waals surface area contributed by atoms with E-state index in [-0.39, 0.29) is 24.3 Å². The molecule has 2 amide bonds. The van der Waals surface area contributed by atoms with E-state index in [1.165, 1.54) is 7.11 Å². The fraction of sp³-hybridized carbons (Fsp3) is 0.586. The zero-order valence-electron chi connectivity index (χ0n) is 23.4. The van der Waals surface area contributed by atoms with Crippen molar-refractivity contribution in [3.63, 3.8) is 0 Å². The molecule has 3 aliphatic heterocycles. The highest BCUT2D eigenvalue weighted by atomic mass is 16.6. The van der Waals surface area contributed by atoms with Crippen molar-refractivity contribution in [3.8, 4) is 5.75 Å². The molecule has 0 spiro atoms. The van der Waals surface area contributed by atoms with Gasteiger partial charge in [0.05, 0.1) is 24.5 Å². The molecule has 1 aromatic rings. The molecule has 2 saturated heterocycles. The molecule has 0 aromatic heterocycles. The van der Waals surface area contributed by atoms with E-state index in [0.29, 0.717) is 19.3 Å². The molecule has 2 N–H and O–H groups in total. The number of hydrogen-bond acceptors (Lipinski definition) is 7. The van der Waals surface area contributed by atoms with Crippen LogP contribution in [0.25, 0.3) is 0 Å². The van der Waals surface area contributed by atoms with E-state index in [4.69, 9.17) is 18.9 Å². The van der Waals surface area contributed by atoms with E-state index in [0.717, 1.165) is 28.1 Å². The van der Waals surface area contributed by atoms with Crippen LogP contribution in [0.15, 0.2) is 35.9 Å². The number of allylic oxidation sites excluding steroid dienone is 3. The van der Waals surface area contributed by atoms with Crippen LogP contribution in [0.2, 0.25) is 0 Å². The van der Waals surface area contributed by atoms with Crippen LogP contribution >= 0.6 is 0 Å². The molecule has 4 rings (SSSR count). The van der Waals surface area contributed by atoms with E-state index in [9.17, 15) is 14.7 Å². The summed E-state index contributed by atoms with van der Waals surface area (Å²) < 4.78 is 22.9. The second-order valence-electron chi connectivity index (χ2n) is 11.0. The molecule has 0 radical (unpaired) electrons. The lowest BCUT2D eigenvalue weighted by Crippen LogP contribution is -2.63. The number of anilines is 1. The molecular weight excluding hydrogens is 488 g/mol. The number of nitrogens with one attached hydrogen (secondary N) is 1. The van der Waals surface area contributed by atoms with Gasteiger partial charge in [-0.3, -0.25) is 10.1 Å². The minimum Gasteiger partial charge on any atom is -0.496 e. The number of ether oxygens (including phenoxy) is 4. The summed E-state index contributed by atoms with van der Waals surface area (Å²) in [6.07, 6.45) is 4.79. The second-order valence-corrected chi connectivity index (χ2v) is 11.0. The van der Waals surface area contributed by atoms with Crippen molar-refractivity contribution >= 4 is 17.7 Å². The van der Waals surface area contributed by atoms with Crippen molar-refractivity contribution in [1.82, 2.24) is 5.32 Å². The molecule has 2 fully saturated rings. The molecule has 9 heteroatoms. The van der Waals surface area contributed by atoms with Crippen LogP contribution in [0.1, 0.15) is 51.2 Å². The summed E-state index contributed by atoms with van der Waals surface area (Å²) in [4.78, 5) is 27.4. The smallest absolute Gasteiger partial charge is 0.409 e. The number of alkyl carbamates (subject to hydrolysis) is 1. The summed E-state index contributed by atoms with van der Waals surface area (Å²) in [7, 11) is 4.91. The Balaban J connectivity index is 1.71. The number of carbonyl (C=O) groups is 2. The van der Waals surface area contributed by atoms with Gasteiger partial charge in [0.25, 0.3) is 0 Å².